The molecule has 0 aliphatic carbocycles. The second kappa shape index (κ2) is 7.05. The van der Waals surface area contributed by atoms with E-state index in [1.54, 1.807) is 35.5 Å². The molecule has 7 nitrogen and oxygen atoms in total. The maximum atomic E-state index is 12.9. The van der Waals surface area contributed by atoms with Crippen LogP contribution in [0.5, 0.6) is 0 Å². The van der Waals surface area contributed by atoms with Gasteiger partial charge < -0.3 is 4.90 Å². The molecule has 1 aliphatic heterocycles. The number of aromatic nitrogens is 2. The van der Waals surface area contributed by atoms with Crippen LogP contribution >= 0.6 is 0 Å². The van der Waals surface area contributed by atoms with Crippen molar-refractivity contribution in [2.75, 3.05) is 19.3 Å². The fraction of sp³-hybridized carbons (Fsp3) is 0.471. The van der Waals surface area contributed by atoms with Crippen molar-refractivity contribution in [2.45, 2.75) is 25.8 Å². The van der Waals surface area contributed by atoms with E-state index in [1.807, 2.05) is 0 Å². The predicted octanol–water partition coefficient (Wildman–Crippen LogP) is 1.42. The van der Waals surface area contributed by atoms with Crippen LogP contribution < -0.4 is 4.72 Å². The molecule has 1 aliphatic rings. The zero-order valence-corrected chi connectivity index (χ0v) is 15.2. The number of amides is 1. The van der Waals surface area contributed by atoms with Gasteiger partial charge in [-0.05, 0) is 30.5 Å². The summed E-state index contributed by atoms with van der Waals surface area (Å²) in [6.45, 7) is 3.00. The van der Waals surface area contributed by atoms with Gasteiger partial charge in [-0.25, -0.2) is 13.1 Å². The standard InChI is InChI=1S/C17H22N4O3S/c1-3-4-13-10-21(11-16(13)20-25(2,23)24)17(22)12-5-6-14-15(9-12)19-8-7-18-14/h5-9,13,16,20H,3-4,10-11H2,1-2H3. The van der Waals surface area contributed by atoms with Gasteiger partial charge in [0.1, 0.15) is 0 Å². The van der Waals surface area contributed by atoms with Crippen molar-refractivity contribution in [1.29, 1.82) is 0 Å². The average Bonchev–Trinajstić information content (AvgIpc) is 2.95. The lowest BCUT2D eigenvalue weighted by molar-refractivity contribution is 0.0785. The summed E-state index contributed by atoms with van der Waals surface area (Å²) in [5, 5.41) is 0. The number of sulfonamides is 1. The highest BCUT2D eigenvalue weighted by atomic mass is 32.2. The summed E-state index contributed by atoms with van der Waals surface area (Å²) < 4.78 is 25.9. The average molecular weight is 362 g/mol. The molecule has 1 aromatic carbocycles. The number of nitrogens with zero attached hydrogens (tertiary/aromatic N) is 3. The Bertz CT molecular complexity index is 884. The van der Waals surface area contributed by atoms with Crippen LogP contribution in [0.1, 0.15) is 30.1 Å². The fourth-order valence-electron chi connectivity index (χ4n) is 3.39. The summed E-state index contributed by atoms with van der Waals surface area (Å²) in [7, 11) is -3.31. The van der Waals surface area contributed by atoms with Gasteiger partial charge in [-0.2, -0.15) is 0 Å². The second-order valence-electron chi connectivity index (χ2n) is 6.52. The van der Waals surface area contributed by atoms with Gasteiger partial charge in [0.25, 0.3) is 5.91 Å². The minimum atomic E-state index is -3.31. The van der Waals surface area contributed by atoms with Crippen LogP contribution in [0.2, 0.25) is 0 Å². The third kappa shape index (κ3) is 4.13. The number of rotatable bonds is 5. The maximum Gasteiger partial charge on any atom is 0.253 e. The van der Waals surface area contributed by atoms with E-state index in [0.717, 1.165) is 24.6 Å². The number of nitrogens with one attached hydrogen (secondary N) is 1. The molecular weight excluding hydrogens is 340 g/mol. The van der Waals surface area contributed by atoms with Crippen LogP contribution in [0.4, 0.5) is 0 Å². The van der Waals surface area contributed by atoms with Crippen molar-refractivity contribution in [3.05, 3.63) is 36.2 Å². The number of carbonyl (C=O) groups is 1. The number of hydrogen-bond acceptors (Lipinski definition) is 5. The Morgan fingerprint density at radius 2 is 1.96 bits per heavy atom. The highest BCUT2D eigenvalue weighted by Crippen LogP contribution is 2.24. The summed E-state index contributed by atoms with van der Waals surface area (Å²) in [6.07, 6.45) is 6.18. The molecule has 0 radical (unpaired) electrons. The number of fused-ring (bicyclic) bond motifs is 1. The molecule has 0 spiro atoms. The van der Waals surface area contributed by atoms with Gasteiger partial charge in [0, 0.05) is 37.1 Å². The molecule has 1 aromatic heterocycles. The molecule has 1 N–H and O–H groups in total. The van der Waals surface area contributed by atoms with Crippen LogP contribution in [0.3, 0.4) is 0 Å². The molecule has 2 heterocycles. The van der Waals surface area contributed by atoms with Gasteiger partial charge in [0.05, 0.1) is 17.3 Å². The molecule has 2 unspecified atom stereocenters. The van der Waals surface area contributed by atoms with Crippen LogP contribution in [-0.2, 0) is 10.0 Å². The van der Waals surface area contributed by atoms with Gasteiger partial charge >= 0.3 is 0 Å². The van der Waals surface area contributed by atoms with E-state index in [-0.39, 0.29) is 17.9 Å². The van der Waals surface area contributed by atoms with E-state index in [2.05, 4.69) is 21.6 Å². The molecule has 3 rings (SSSR count). The number of benzene rings is 1. The molecule has 1 amide bonds. The smallest absolute Gasteiger partial charge is 0.253 e. The van der Waals surface area contributed by atoms with E-state index < -0.39 is 10.0 Å². The van der Waals surface area contributed by atoms with E-state index in [9.17, 15) is 13.2 Å². The van der Waals surface area contributed by atoms with Crippen LogP contribution in [0.15, 0.2) is 30.6 Å². The van der Waals surface area contributed by atoms with Crippen molar-refractivity contribution in [2.24, 2.45) is 5.92 Å². The normalized spacial score (nSPS) is 21.0. The highest BCUT2D eigenvalue weighted by molar-refractivity contribution is 7.88. The minimum absolute atomic E-state index is 0.105. The Morgan fingerprint density at radius 3 is 2.64 bits per heavy atom. The van der Waals surface area contributed by atoms with Crippen molar-refractivity contribution in [1.82, 2.24) is 19.6 Å². The predicted molar refractivity (Wildman–Crippen MR) is 95.6 cm³/mol. The molecule has 0 saturated carbocycles. The lowest BCUT2D eigenvalue weighted by atomic mass is 9.99. The summed E-state index contributed by atoms with van der Waals surface area (Å²) in [4.78, 5) is 23.0. The SMILES string of the molecule is CCCC1CN(C(=O)c2ccc3nccnc3c2)CC1NS(C)(=O)=O. The Labute approximate surface area is 147 Å². The van der Waals surface area contributed by atoms with Gasteiger partial charge in [-0.15, -0.1) is 0 Å². The zero-order chi connectivity index (χ0) is 18.0. The summed E-state index contributed by atoms with van der Waals surface area (Å²) >= 11 is 0. The first kappa shape index (κ1) is 17.8. The quantitative estimate of drug-likeness (QED) is 0.868. The van der Waals surface area contributed by atoms with Gasteiger partial charge in [0.15, 0.2) is 0 Å². The Morgan fingerprint density at radius 1 is 1.24 bits per heavy atom. The third-order valence-electron chi connectivity index (χ3n) is 4.47. The fourth-order valence-corrected chi connectivity index (χ4v) is 4.20. The van der Waals surface area contributed by atoms with E-state index in [1.165, 1.54) is 0 Å². The van der Waals surface area contributed by atoms with Crippen LogP contribution in [0.25, 0.3) is 11.0 Å². The Balaban J connectivity index is 1.81. The highest BCUT2D eigenvalue weighted by Gasteiger charge is 2.36. The van der Waals surface area contributed by atoms with Crippen LogP contribution in [0, 0.1) is 5.92 Å². The first-order chi connectivity index (χ1) is 11.9. The monoisotopic (exact) mass is 362 g/mol. The van der Waals surface area contributed by atoms with Crippen molar-refractivity contribution in [3.63, 3.8) is 0 Å². The third-order valence-corrected chi connectivity index (χ3v) is 5.20. The Hall–Kier alpha value is -2.06. The topological polar surface area (TPSA) is 92.3 Å². The molecule has 134 valence electrons. The Kier molecular flexibility index (Phi) is 5.01. The largest absolute Gasteiger partial charge is 0.337 e. The summed E-state index contributed by atoms with van der Waals surface area (Å²) in [5.41, 5.74) is 1.95. The van der Waals surface area contributed by atoms with Gasteiger partial charge in [-0.3, -0.25) is 14.8 Å². The van der Waals surface area contributed by atoms with Crippen LogP contribution in [-0.4, -0.2) is 54.6 Å². The number of likely N-dealkylation sites (tertiary alicyclic amines) is 1. The number of hydrogen-bond donors (Lipinski definition) is 1. The molecule has 8 heteroatoms. The lowest BCUT2D eigenvalue weighted by Crippen LogP contribution is -2.40. The molecule has 2 atom stereocenters. The van der Waals surface area contributed by atoms with E-state index in [0.29, 0.717) is 24.2 Å². The first-order valence-corrected chi connectivity index (χ1v) is 10.2. The first-order valence-electron chi connectivity index (χ1n) is 8.34. The maximum absolute atomic E-state index is 12.9. The van der Waals surface area contributed by atoms with Crippen molar-refractivity contribution >= 4 is 27.0 Å². The second-order valence-corrected chi connectivity index (χ2v) is 8.30. The lowest BCUT2D eigenvalue weighted by Gasteiger charge is -2.17. The minimum Gasteiger partial charge on any atom is -0.337 e. The molecule has 1 fully saturated rings. The number of carbonyl (C=O) groups excluding carboxylic acids is 1. The summed E-state index contributed by atoms with van der Waals surface area (Å²) in [5.74, 6) is 0.0235. The molecule has 25 heavy (non-hydrogen) atoms. The van der Waals surface area contributed by atoms with Gasteiger partial charge in [-0.1, -0.05) is 13.3 Å². The molecular formula is C17H22N4O3S. The van der Waals surface area contributed by atoms with E-state index in [4.69, 9.17) is 0 Å². The molecule has 1 saturated heterocycles. The van der Waals surface area contributed by atoms with E-state index >= 15 is 0 Å². The van der Waals surface area contributed by atoms with Crippen molar-refractivity contribution < 1.29 is 13.2 Å². The zero-order valence-electron chi connectivity index (χ0n) is 14.3. The molecule has 0 bridgehead atoms. The summed E-state index contributed by atoms with van der Waals surface area (Å²) in [6, 6.07) is 5.02. The van der Waals surface area contributed by atoms with Crippen molar-refractivity contribution in [3.8, 4) is 0 Å². The van der Waals surface area contributed by atoms with Gasteiger partial charge in [0.2, 0.25) is 10.0 Å². The molecule has 2 aromatic rings.